The fourth-order valence-corrected chi connectivity index (χ4v) is 2.15. The fraction of sp³-hybridized carbons (Fsp3) is 0.571. The van der Waals surface area contributed by atoms with Crippen LogP contribution in [-0.2, 0) is 0 Å². The molecule has 0 saturated carbocycles. The van der Waals surface area contributed by atoms with Crippen LogP contribution in [0.15, 0.2) is 18.2 Å². The van der Waals surface area contributed by atoms with E-state index in [2.05, 4.69) is 19.9 Å². The normalized spacial score (nSPS) is 13.1. The maximum atomic E-state index is 6.21. The van der Waals surface area contributed by atoms with Gasteiger partial charge in [-0.2, -0.15) is 0 Å². The molecular weight excluding hydrogens is 218 g/mol. The highest BCUT2D eigenvalue weighted by atomic mass is 35.5. The van der Waals surface area contributed by atoms with Gasteiger partial charge in [-0.25, -0.2) is 0 Å². The summed E-state index contributed by atoms with van der Waals surface area (Å²) in [4.78, 5) is 0. The highest BCUT2D eigenvalue weighted by Crippen LogP contribution is 2.26. The molecule has 16 heavy (non-hydrogen) atoms. The molecule has 1 aromatic carbocycles. The maximum absolute atomic E-state index is 6.21. The number of nitrogens with two attached hydrogens (primary N) is 1. The van der Waals surface area contributed by atoms with Crippen molar-refractivity contribution in [3.8, 4) is 0 Å². The van der Waals surface area contributed by atoms with E-state index < -0.39 is 0 Å². The summed E-state index contributed by atoms with van der Waals surface area (Å²) in [5.41, 5.74) is 8.47. The zero-order valence-electron chi connectivity index (χ0n) is 10.5. The van der Waals surface area contributed by atoms with Crippen LogP contribution in [-0.4, -0.2) is 0 Å². The van der Waals surface area contributed by atoms with Gasteiger partial charge in [0.05, 0.1) is 0 Å². The van der Waals surface area contributed by atoms with Crippen molar-refractivity contribution in [2.75, 3.05) is 0 Å². The lowest BCUT2D eigenvalue weighted by Gasteiger charge is -2.19. The molecule has 0 aliphatic heterocycles. The second kappa shape index (κ2) is 6.27. The molecule has 0 aliphatic carbocycles. The van der Waals surface area contributed by atoms with Crippen LogP contribution in [0, 0.1) is 12.8 Å². The third-order valence-corrected chi connectivity index (χ3v) is 3.77. The molecule has 0 bridgehead atoms. The van der Waals surface area contributed by atoms with Crippen LogP contribution in [0.5, 0.6) is 0 Å². The third-order valence-electron chi connectivity index (χ3n) is 3.37. The summed E-state index contributed by atoms with van der Waals surface area (Å²) >= 11 is 6.11. The van der Waals surface area contributed by atoms with Crippen LogP contribution in [0.4, 0.5) is 0 Å². The van der Waals surface area contributed by atoms with Crippen molar-refractivity contribution in [2.45, 2.75) is 46.1 Å². The molecule has 0 fully saturated rings. The van der Waals surface area contributed by atoms with Gasteiger partial charge < -0.3 is 5.73 Å². The SMILES string of the molecule is CCC(CC)CC(N)c1ccc(C)c(Cl)c1. The highest BCUT2D eigenvalue weighted by molar-refractivity contribution is 6.31. The number of halogens is 1. The number of hydrogen-bond acceptors (Lipinski definition) is 1. The Hall–Kier alpha value is -0.530. The summed E-state index contributed by atoms with van der Waals surface area (Å²) in [6, 6.07) is 6.26. The lowest BCUT2D eigenvalue weighted by Crippen LogP contribution is -2.15. The second-order valence-corrected chi connectivity index (χ2v) is 4.94. The lowest BCUT2D eigenvalue weighted by atomic mass is 9.91. The Kier molecular flexibility index (Phi) is 5.30. The van der Waals surface area contributed by atoms with Crippen molar-refractivity contribution < 1.29 is 0 Å². The van der Waals surface area contributed by atoms with Crippen LogP contribution in [0.1, 0.15) is 50.3 Å². The van der Waals surface area contributed by atoms with Crippen LogP contribution in [0.3, 0.4) is 0 Å². The van der Waals surface area contributed by atoms with E-state index in [-0.39, 0.29) is 6.04 Å². The highest BCUT2D eigenvalue weighted by Gasteiger charge is 2.12. The number of hydrogen-bond donors (Lipinski definition) is 1. The fourth-order valence-electron chi connectivity index (χ4n) is 1.96. The summed E-state index contributed by atoms with van der Waals surface area (Å²) in [5.74, 6) is 0.718. The zero-order chi connectivity index (χ0) is 12.1. The van der Waals surface area contributed by atoms with Gasteiger partial charge >= 0.3 is 0 Å². The summed E-state index contributed by atoms with van der Waals surface area (Å²) in [7, 11) is 0. The summed E-state index contributed by atoms with van der Waals surface area (Å²) in [6.45, 7) is 6.46. The molecular formula is C14H22ClN. The Morgan fingerprint density at radius 2 is 1.88 bits per heavy atom. The van der Waals surface area contributed by atoms with Gasteiger partial charge in [0, 0.05) is 11.1 Å². The van der Waals surface area contributed by atoms with Crippen molar-refractivity contribution in [2.24, 2.45) is 11.7 Å². The molecule has 1 nitrogen and oxygen atoms in total. The molecule has 1 unspecified atom stereocenters. The van der Waals surface area contributed by atoms with E-state index in [0.29, 0.717) is 0 Å². The molecule has 0 aliphatic rings. The van der Waals surface area contributed by atoms with Crippen molar-refractivity contribution >= 4 is 11.6 Å². The van der Waals surface area contributed by atoms with Crippen LogP contribution in [0.25, 0.3) is 0 Å². The van der Waals surface area contributed by atoms with Gasteiger partial charge in [-0.15, -0.1) is 0 Å². The second-order valence-electron chi connectivity index (χ2n) is 4.53. The number of benzene rings is 1. The minimum absolute atomic E-state index is 0.114. The van der Waals surface area contributed by atoms with E-state index in [1.165, 1.54) is 12.8 Å². The average molecular weight is 240 g/mol. The Balaban J connectivity index is 2.72. The topological polar surface area (TPSA) is 26.0 Å². The minimum atomic E-state index is 0.114. The van der Waals surface area contributed by atoms with Gasteiger partial charge in [0.1, 0.15) is 0 Å². The Labute approximate surface area is 104 Å². The van der Waals surface area contributed by atoms with Crippen molar-refractivity contribution in [1.29, 1.82) is 0 Å². The first-order valence-electron chi connectivity index (χ1n) is 6.10. The molecule has 0 radical (unpaired) electrons. The Bertz CT molecular complexity index is 332. The molecule has 1 atom stereocenters. The smallest absolute Gasteiger partial charge is 0.0438 e. The van der Waals surface area contributed by atoms with Crippen LogP contribution >= 0.6 is 11.6 Å². The Morgan fingerprint density at radius 1 is 1.25 bits per heavy atom. The molecule has 2 heteroatoms. The summed E-state index contributed by atoms with van der Waals surface area (Å²) in [5, 5.41) is 0.817. The van der Waals surface area contributed by atoms with E-state index in [4.69, 9.17) is 17.3 Å². The summed E-state index contributed by atoms with van der Waals surface area (Å²) in [6.07, 6.45) is 3.44. The predicted molar refractivity (Wildman–Crippen MR) is 71.8 cm³/mol. The number of aryl methyl sites for hydroxylation is 1. The molecule has 1 aromatic rings. The van der Waals surface area contributed by atoms with Gasteiger partial charge in [0.2, 0.25) is 0 Å². The summed E-state index contributed by atoms with van der Waals surface area (Å²) < 4.78 is 0. The Morgan fingerprint density at radius 3 is 2.38 bits per heavy atom. The quantitative estimate of drug-likeness (QED) is 0.806. The first-order valence-corrected chi connectivity index (χ1v) is 6.47. The van der Waals surface area contributed by atoms with Gasteiger partial charge in [-0.1, -0.05) is 50.4 Å². The lowest BCUT2D eigenvalue weighted by molar-refractivity contribution is 0.414. The predicted octanol–water partition coefficient (Wildman–Crippen LogP) is 4.47. The molecule has 0 heterocycles. The van der Waals surface area contributed by atoms with E-state index in [1.807, 2.05) is 19.1 Å². The van der Waals surface area contributed by atoms with Crippen molar-refractivity contribution in [1.82, 2.24) is 0 Å². The molecule has 1 rings (SSSR count). The molecule has 0 saturated heterocycles. The minimum Gasteiger partial charge on any atom is -0.324 e. The van der Waals surface area contributed by atoms with Gasteiger partial charge in [-0.3, -0.25) is 0 Å². The third kappa shape index (κ3) is 3.50. The molecule has 0 aromatic heterocycles. The van der Waals surface area contributed by atoms with Crippen LogP contribution < -0.4 is 5.73 Å². The molecule has 0 spiro atoms. The van der Waals surface area contributed by atoms with E-state index in [0.717, 1.165) is 28.5 Å². The standard InChI is InChI=1S/C14H22ClN/c1-4-11(5-2)8-14(16)12-7-6-10(3)13(15)9-12/h6-7,9,11,14H,4-5,8,16H2,1-3H3. The van der Waals surface area contributed by atoms with E-state index >= 15 is 0 Å². The molecule has 2 N–H and O–H groups in total. The van der Waals surface area contributed by atoms with Gasteiger partial charge in [-0.05, 0) is 36.5 Å². The van der Waals surface area contributed by atoms with E-state index in [1.54, 1.807) is 0 Å². The molecule has 0 amide bonds. The first kappa shape index (κ1) is 13.5. The van der Waals surface area contributed by atoms with Gasteiger partial charge in [0.15, 0.2) is 0 Å². The van der Waals surface area contributed by atoms with Crippen molar-refractivity contribution in [3.05, 3.63) is 34.3 Å². The monoisotopic (exact) mass is 239 g/mol. The van der Waals surface area contributed by atoms with Crippen LogP contribution in [0.2, 0.25) is 5.02 Å². The number of rotatable bonds is 5. The average Bonchev–Trinajstić information content (AvgIpc) is 2.29. The van der Waals surface area contributed by atoms with E-state index in [9.17, 15) is 0 Å². The first-order chi connectivity index (χ1) is 7.58. The zero-order valence-corrected chi connectivity index (χ0v) is 11.2. The van der Waals surface area contributed by atoms with Gasteiger partial charge in [0.25, 0.3) is 0 Å². The molecule has 90 valence electrons. The largest absolute Gasteiger partial charge is 0.324 e. The maximum Gasteiger partial charge on any atom is 0.0438 e. The van der Waals surface area contributed by atoms with Crippen molar-refractivity contribution in [3.63, 3.8) is 0 Å².